The van der Waals surface area contributed by atoms with Crippen LogP contribution in [-0.4, -0.2) is 36.1 Å². The van der Waals surface area contributed by atoms with Gasteiger partial charge in [0.15, 0.2) is 23.0 Å². The van der Waals surface area contributed by atoms with Gasteiger partial charge in [-0.1, -0.05) is 12.1 Å². The van der Waals surface area contributed by atoms with Crippen LogP contribution in [0.3, 0.4) is 0 Å². The molecule has 3 rings (SSSR count). The number of ether oxygens (including phenoxy) is 3. The van der Waals surface area contributed by atoms with Crippen molar-refractivity contribution in [1.82, 2.24) is 0 Å². The predicted molar refractivity (Wildman–Crippen MR) is 82.9 cm³/mol. The van der Waals surface area contributed by atoms with Gasteiger partial charge >= 0.3 is 0 Å². The third-order valence-corrected chi connectivity index (χ3v) is 4.08. The minimum atomic E-state index is -0.279. The van der Waals surface area contributed by atoms with Gasteiger partial charge in [-0.25, -0.2) is 0 Å². The van der Waals surface area contributed by atoms with Crippen molar-refractivity contribution in [2.75, 3.05) is 20.8 Å². The summed E-state index contributed by atoms with van der Waals surface area (Å²) in [5.41, 5.74) is 1.45. The molecule has 0 aromatic heterocycles. The van der Waals surface area contributed by atoms with Crippen molar-refractivity contribution in [2.45, 2.75) is 12.3 Å². The van der Waals surface area contributed by atoms with E-state index in [2.05, 4.69) is 0 Å². The molecule has 0 saturated carbocycles. The standard InChI is InChI=1S/C17H18O6/c1-21-13-6-4-11(14(19)15(13)20)10-7-9-3-5-12(18)17(22-2)16(9)23-8-10/h3-6,10,18-20H,7-8H2,1-2H3/t10-/m1/s1. The van der Waals surface area contributed by atoms with Gasteiger partial charge in [0.1, 0.15) is 0 Å². The summed E-state index contributed by atoms with van der Waals surface area (Å²) in [6.07, 6.45) is 0.589. The molecule has 1 heterocycles. The molecular weight excluding hydrogens is 300 g/mol. The van der Waals surface area contributed by atoms with Crippen LogP contribution in [0.25, 0.3) is 0 Å². The summed E-state index contributed by atoms with van der Waals surface area (Å²) in [5, 5.41) is 30.0. The smallest absolute Gasteiger partial charge is 0.203 e. The molecular formula is C17H18O6. The number of phenols is 3. The Balaban J connectivity index is 1.96. The molecule has 1 aliphatic heterocycles. The zero-order valence-corrected chi connectivity index (χ0v) is 12.9. The Morgan fingerprint density at radius 3 is 2.48 bits per heavy atom. The largest absolute Gasteiger partial charge is 0.504 e. The molecule has 23 heavy (non-hydrogen) atoms. The monoisotopic (exact) mass is 318 g/mol. The summed E-state index contributed by atoms with van der Waals surface area (Å²) in [6, 6.07) is 6.64. The van der Waals surface area contributed by atoms with Crippen LogP contribution in [-0.2, 0) is 6.42 Å². The molecule has 0 saturated heterocycles. The highest BCUT2D eigenvalue weighted by Gasteiger charge is 2.28. The highest BCUT2D eigenvalue weighted by molar-refractivity contribution is 5.58. The lowest BCUT2D eigenvalue weighted by atomic mass is 9.89. The minimum absolute atomic E-state index is 0.0228. The average molecular weight is 318 g/mol. The Labute approximate surface area is 133 Å². The van der Waals surface area contributed by atoms with E-state index >= 15 is 0 Å². The normalized spacial score (nSPS) is 16.3. The summed E-state index contributed by atoms with van der Waals surface area (Å²) in [5.74, 6) is 0.452. The van der Waals surface area contributed by atoms with E-state index in [9.17, 15) is 15.3 Å². The van der Waals surface area contributed by atoms with Crippen molar-refractivity contribution in [3.63, 3.8) is 0 Å². The Morgan fingerprint density at radius 2 is 1.78 bits per heavy atom. The zero-order valence-electron chi connectivity index (χ0n) is 12.9. The van der Waals surface area contributed by atoms with Crippen LogP contribution in [0, 0.1) is 0 Å². The first-order valence-electron chi connectivity index (χ1n) is 7.17. The van der Waals surface area contributed by atoms with E-state index in [-0.39, 0.29) is 28.9 Å². The van der Waals surface area contributed by atoms with E-state index in [1.165, 1.54) is 14.2 Å². The third kappa shape index (κ3) is 2.46. The average Bonchev–Trinajstić information content (AvgIpc) is 2.57. The molecule has 0 aliphatic carbocycles. The first kappa shape index (κ1) is 15.1. The SMILES string of the molecule is COc1ccc([C@H]2COc3c(ccc(O)c3OC)C2)c(O)c1O. The summed E-state index contributed by atoms with van der Waals surface area (Å²) in [6.45, 7) is 0.298. The lowest BCUT2D eigenvalue weighted by Gasteiger charge is -2.27. The Kier molecular flexibility index (Phi) is 3.82. The van der Waals surface area contributed by atoms with E-state index < -0.39 is 0 Å². The Bertz CT molecular complexity index is 740. The maximum absolute atomic E-state index is 10.2. The molecule has 0 fully saturated rings. The number of methoxy groups -OCH3 is 2. The third-order valence-electron chi connectivity index (χ3n) is 4.08. The van der Waals surface area contributed by atoms with Crippen molar-refractivity contribution in [3.8, 4) is 34.5 Å². The first-order valence-corrected chi connectivity index (χ1v) is 7.17. The van der Waals surface area contributed by atoms with E-state index in [0.29, 0.717) is 30.1 Å². The van der Waals surface area contributed by atoms with Gasteiger partial charge in [0.2, 0.25) is 11.5 Å². The summed E-state index contributed by atoms with van der Waals surface area (Å²) < 4.78 is 15.9. The van der Waals surface area contributed by atoms with Crippen molar-refractivity contribution in [3.05, 3.63) is 35.4 Å². The van der Waals surface area contributed by atoms with Gasteiger partial charge in [0.05, 0.1) is 20.8 Å². The predicted octanol–water partition coefficient (Wildman–Crippen LogP) is 2.54. The number of aromatic hydroxyl groups is 3. The summed E-state index contributed by atoms with van der Waals surface area (Å²) in [7, 11) is 2.89. The number of benzene rings is 2. The van der Waals surface area contributed by atoms with Gasteiger partial charge in [-0.3, -0.25) is 0 Å². The fourth-order valence-electron chi connectivity index (χ4n) is 2.89. The number of hydrogen-bond acceptors (Lipinski definition) is 6. The van der Waals surface area contributed by atoms with Crippen molar-refractivity contribution < 1.29 is 29.5 Å². The van der Waals surface area contributed by atoms with Crippen LogP contribution in [0.15, 0.2) is 24.3 Å². The van der Waals surface area contributed by atoms with Gasteiger partial charge in [-0.05, 0) is 24.1 Å². The van der Waals surface area contributed by atoms with Crippen molar-refractivity contribution in [2.24, 2.45) is 0 Å². The maximum Gasteiger partial charge on any atom is 0.203 e. The molecule has 2 aromatic rings. The number of phenolic OH excluding ortho intramolecular Hbond substituents is 3. The van der Waals surface area contributed by atoms with Gasteiger partial charge < -0.3 is 29.5 Å². The molecule has 3 N–H and O–H groups in total. The highest BCUT2D eigenvalue weighted by Crippen LogP contribution is 2.47. The molecule has 0 unspecified atom stereocenters. The van der Waals surface area contributed by atoms with E-state index in [4.69, 9.17) is 14.2 Å². The molecule has 6 nitrogen and oxygen atoms in total. The molecule has 1 atom stereocenters. The second-order valence-corrected chi connectivity index (χ2v) is 5.37. The van der Waals surface area contributed by atoms with Gasteiger partial charge in [-0.2, -0.15) is 0 Å². The summed E-state index contributed by atoms with van der Waals surface area (Å²) >= 11 is 0. The zero-order chi connectivity index (χ0) is 16.6. The number of rotatable bonds is 3. The molecule has 1 aliphatic rings. The number of hydrogen-bond donors (Lipinski definition) is 3. The molecule has 2 aromatic carbocycles. The number of fused-ring (bicyclic) bond motifs is 1. The lowest BCUT2D eigenvalue weighted by Crippen LogP contribution is -2.19. The molecule has 122 valence electrons. The van der Waals surface area contributed by atoms with Crippen molar-refractivity contribution >= 4 is 0 Å². The molecule has 0 bridgehead atoms. The van der Waals surface area contributed by atoms with E-state index in [1.807, 2.05) is 0 Å². The second-order valence-electron chi connectivity index (χ2n) is 5.37. The highest BCUT2D eigenvalue weighted by atomic mass is 16.5. The van der Waals surface area contributed by atoms with Gasteiger partial charge in [-0.15, -0.1) is 0 Å². The summed E-state index contributed by atoms with van der Waals surface area (Å²) in [4.78, 5) is 0. The molecule has 0 spiro atoms. The van der Waals surface area contributed by atoms with E-state index in [0.717, 1.165) is 5.56 Å². The van der Waals surface area contributed by atoms with Crippen molar-refractivity contribution in [1.29, 1.82) is 0 Å². The van der Waals surface area contributed by atoms with Gasteiger partial charge in [0.25, 0.3) is 0 Å². The second kappa shape index (κ2) is 5.79. The quantitative estimate of drug-likeness (QED) is 0.754. The van der Waals surface area contributed by atoms with Crippen LogP contribution in [0.5, 0.6) is 34.5 Å². The first-order chi connectivity index (χ1) is 11.1. The van der Waals surface area contributed by atoms with Crippen LogP contribution >= 0.6 is 0 Å². The topological polar surface area (TPSA) is 88.4 Å². The molecule has 0 radical (unpaired) electrons. The Morgan fingerprint density at radius 1 is 1.00 bits per heavy atom. The molecule has 6 heteroatoms. The lowest BCUT2D eigenvalue weighted by molar-refractivity contribution is 0.240. The fourth-order valence-corrected chi connectivity index (χ4v) is 2.89. The van der Waals surface area contributed by atoms with Crippen LogP contribution in [0.1, 0.15) is 17.0 Å². The van der Waals surface area contributed by atoms with Crippen LogP contribution in [0.2, 0.25) is 0 Å². The molecule has 0 amide bonds. The Hall–Kier alpha value is -2.76. The van der Waals surface area contributed by atoms with E-state index in [1.54, 1.807) is 24.3 Å². The van der Waals surface area contributed by atoms with Crippen LogP contribution in [0.4, 0.5) is 0 Å². The fraction of sp³-hybridized carbons (Fsp3) is 0.294. The van der Waals surface area contributed by atoms with Crippen LogP contribution < -0.4 is 14.2 Å². The maximum atomic E-state index is 10.2. The minimum Gasteiger partial charge on any atom is -0.504 e. The van der Waals surface area contributed by atoms with Gasteiger partial charge in [0, 0.05) is 11.5 Å².